The summed E-state index contributed by atoms with van der Waals surface area (Å²) in [4.78, 5) is 0. The molecule has 0 aliphatic heterocycles. The Hall–Kier alpha value is -0.120. The third-order valence-corrected chi connectivity index (χ3v) is 3.22. The van der Waals surface area contributed by atoms with Gasteiger partial charge in [0.25, 0.3) is 0 Å². The molecule has 3 nitrogen and oxygen atoms in total. The number of nitrogens with one attached hydrogen (secondary N) is 1. The maximum atomic E-state index is 9.49. The molecule has 84 valence electrons. The molecule has 0 radical (unpaired) electrons. The third-order valence-electron chi connectivity index (χ3n) is 3.22. The van der Waals surface area contributed by atoms with Crippen molar-refractivity contribution in [2.45, 2.75) is 45.3 Å². The van der Waals surface area contributed by atoms with Crippen LogP contribution in [0.2, 0.25) is 0 Å². The molecular formula is C11H23NO2. The van der Waals surface area contributed by atoms with Crippen LogP contribution in [0.5, 0.6) is 0 Å². The van der Waals surface area contributed by atoms with Gasteiger partial charge in [0.1, 0.15) is 0 Å². The fourth-order valence-corrected chi connectivity index (χ4v) is 2.23. The normalized spacial score (nSPS) is 27.9. The van der Waals surface area contributed by atoms with Gasteiger partial charge < -0.3 is 15.2 Å². The molecule has 3 heteroatoms. The topological polar surface area (TPSA) is 41.5 Å². The van der Waals surface area contributed by atoms with Gasteiger partial charge >= 0.3 is 0 Å². The molecule has 0 aromatic heterocycles. The summed E-state index contributed by atoms with van der Waals surface area (Å²) in [6, 6.07) is 0.550. The van der Waals surface area contributed by atoms with E-state index in [0.717, 1.165) is 0 Å². The van der Waals surface area contributed by atoms with Gasteiger partial charge in [-0.2, -0.15) is 0 Å². The van der Waals surface area contributed by atoms with Crippen molar-refractivity contribution in [3.63, 3.8) is 0 Å². The summed E-state index contributed by atoms with van der Waals surface area (Å²) in [7, 11) is 1.61. The molecule has 1 aliphatic rings. The molecule has 1 fully saturated rings. The van der Waals surface area contributed by atoms with E-state index in [1.807, 2.05) is 0 Å². The number of aliphatic hydroxyl groups is 1. The lowest BCUT2D eigenvalue weighted by atomic mass is 9.87. The SMILES string of the molecule is COCC(O)CNC1CCCC1(C)C. The minimum atomic E-state index is -0.378. The van der Waals surface area contributed by atoms with Crippen molar-refractivity contribution in [3.8, 4) is 0 Å². The molecule has 1 saturated carbocycles. The van der Waals surface area contributed by atoms with E-state index < -0.39 is 0 Å². The fourth-order valence-electron chi connectivity index (χ4n) is 2.23. The molecule has 0 amide bonds. The zero-order chi connectivity index (χ0) is 10.6. The number of hydrogen-bond donors (Lipinski definition) is 2. The summed E-state index contributed by atoms with van der Waals surface area (Å²) >= 11 is 0. The Balaban J connectivity index is 2.24. The van der Waals surface area contributed by atoms with Gasteiger partial charge in [-0.1, -0.05) is 20.3 Å². The van der Waals surface area contributed by atoms with E-state index in [1.54, 1.807) is 7.11 Å². The van der Waals surface area contributed by atoms with Crippen LogP contribution in [-0.2, 0) is 4.74 Å². The summed E-state index contributed by atoms with van der Waals surface area (Å²) in [6.07, 6.45) is 3.43. The Morgan fingerprint density at radius 2 is 2.29 bits per heavy atom. The van der Waals surface area contributed by atoms with Crippen LogP contribution in [-0.4, -0.2) is 37.5 Å². The Morgan fingerprint density at radius 3 is 2.79 bits per heavy atom. The Morgan fingerprint density at radius 1 is 1.57 bits per heavy atom. The van der Waals surface area contributed by atoms with Crippen LogP contribution in [0.25, 0.3) is 0 Å². The van der Waals surface area contributed by atoms with E-state index in [9.17, 15) is 5.11 Å². The van der Waals surface area contributed by atoms with Gasteiger partial charge in [-0.15, -0.1) is 0 Å². The van der Waals surface area contributed by atoms with Crippen LogP contribution in [0, 0.1) is 5.41 Å². The van der Waals surface area contributed by atoms with Crippen molar-refractivity contribution in [2.24, 2.45) is 5.41 Å². The molecule has 1 aliphatic carbocycles. The van der Waals surface area contributed by atoms with E-state index in [1.165, 1.54) is 19.3 Å². The Labute approximate surface area is 86.8 Å². The average Bonchev–Trinajstić information content (AvgIpc) is 2.42. The van der Waals surface area contributed by atoms with Crippen molar-refractivity contribution < 1.29 is 9.84 Å². The molecule has 0 bridgehead atoms. The molecule has 2 atom stereocenters. The molecule has 2 unspecified atom stereocenters. The van der Waals surface area contributed by atoms with Crippen LogP contribution in [0.1, 0.15) is 33.1 Å². The van der Waals surface area contributed by atoms with Crippen molar-refractivity contribution in [1.82, 2.24) is 5.32 Å². The molecular weight excluding hydrogens is 178 g/mol. The second-order valence-corrected chi connectivity index (χ2v) is 4.95. The van der Waals surface area contributed by atoms with Crippen molar-refractivity contribution in [3.05, 3.63) is 0 Å². The molecule has 0 spiro atoms. The highest BCUT2D eigenvalue weighted by atomic mass is 16.5. The number of rotatable bonds is 5. The van der Waals surface area contributed by atoms with Crippen molar-refractivity contribution in [2.75, 3.05) is 20.3 Å². The highest BCUT2D eigenvalue weighted by Gasteiger charge is 2.33. The molecule has 2 N–H and O–H groups in total. The van der Waals surface area contributed by atoms with E-state index in [4.69, 9.17) is 4.74 Å². The van der Waals surface area contributed by atoms with Crippen LogP contribution < -0.4 is 5.32 Å². The lowest BCUT2D eigenvalue weighted by Gasteiger charge is -2.28. The fraction of sp³-hybridized carbons (Fsp3) is 1.00. The first-order valence-electron chi connectivity index (χ1n) is 5.46. The van der Waals surface area contributed by atoms with Gasteiger partial charge in [0, 0.05) is 19.7 Å². The quantitative estimate of drug-likeness (QED) is 0.701. The third kappa shape index (κ3) is 3.23. The Kier molecular flexibility index (Phi) is 4.35. The summed E-state index contributed by atoms with van der Waals surface area (Å²) in [5.74, 6) is 0. The minimum absolute atomic E-state index is 0.378. The number of methoxy groups -OCH3 is 1. The predicted molar refractivity (Wildman–Crippen MR) is 57.3 cm³/mol. The van der Waals surface area contributed by atoms with E-state index >= 15 is 0 Å². The first kappa shape index (κ1) is 12.0. The average molecular weight is 201 g/mol. The molecule has 14 heavy (non-hydrogen) atoms. The van der Waals surface area contributed by atoms with Crippen LogP contribution in [0.15, 0.2) is 0 Å². The van der Waals surface area contributed by atoms with Crippen molar-refractivity contribution in [1.29, 1.82) is 0 Å². The Bertz CT molecular complexity index is 171. The second kappa shape index (κ2) is 5.10. The molecule has 0 aromatic carbocycles. The molecule has 1 rings (SSSR count). The lowest BCUT2D eigenvalue weighted by Crippen LogP contribution is -2.42. The van der Waals surface area contributed by atoms with Crippen LogP contribution in [0.4, 0.5) is 0 Å². The van der Waals surface area contributed by atoms with Gasteiger partial charge in [0.15, 0.2) is 0 Å². The zero-order valence-electron chi connectivity index (χ0n) is 9.55. The number of aliphatic hydroxyl groups excluding tert-OH is 1. The first-order chi connectivity index (χ1) is 6.56. The summed E-state index contributed by atoms with van der Waals surface area (Å²) in [6.45, 7) is 5.64. The smallest absolute Gasteiger partial charge is 0.0897 e. The van der Waals surface area contributed by atoms with Gasteiger partial charge in [-0.25, -0.2) is 0 Å². The number of ether oxygens (including phenoxy) is 1. The van der Waals surface area contributed by atoms with Gasteiger partial charge in [0.2, 0.25) is 0 Å². The summed E-state index contributed by atoms with van der Waals surface area (Å²) in [5.41, 5.74) is 0.382. The van der Waals surface area contributed by atoms with E-state index in [2.05, 4.69) is 19.2 Å². The van der Waals surface area contributed by atoms with Crippen LogP contribution in [0.3, 0.4) is 0 Å². The highest BCUT2D eigenvalue weighted by Crippen LogP contribution is 2.36. The first-order valence-corrected chi connectivity index (χ1v) is 5.46. The van der Waals surface area contributed by atoms with Gasteiger partial charge in [0.05, 0.1) is 12.7 Å². The maximum absolute atomic E-state index is 9.49. The largest absolute Gasteiger partial charge is 0.389 e. The minimum Gasteiger partial charge on any atom is -0.389 e. The van der Waals surface area contributed by atoms with Gasteiger partial charge in [-0.3, -0.25) is 0 Å². The molecule has 0 saturated heterocycles. The van der Waals surface area contributed by atoms with E-state index in [0.29, 0.717) is 24.6 Å². The van der Waals surface area contributed by atoms with E-state index in [-0.39, 0.29) is 6.10 Å². The summed E-state index contributed by atoms with van der Waals surface area (Å²) in [5, 5.41) is 12.9. The second-order valence-electron chi connectivity index (χ2n) is 4.95. The highest BCUT2D eigenvalue weighted by molar-refractivity contribution is 4.90. The zero-order valence-corrected chi connectivity index (χ0v) is 9.55. The number of hydrogen-bond acceptors (Lipinski definition) is 3. The monoisotopic (exact) mass is 201 g/mol. The molecule has 0 heterocycles. The summed E-state index contributed by atoms with van der Waals surface area (Å²) < 4.78 is 4.88. The van der Waals surface area contributed by atoms with Gasteiger partial charge in [-0.05, 0) is 18.3 Å². The lowest BCUT2D eigenvalue weighted by molar-refractivity contribution is 0.0600. The maximum Gasteiger partial charge on any atom is 0.0897 e. The van der Waals surface area contributed by atoms with Crippen LogP contribution >= 0.6 is 0 Å². The molecule has 0 aromatic rings. The van der Waals surface area contributed by atoms with Crippen molar-refractivity contribution >= 4 is 0 Å². The predicted octanol–water partition coefficient (Wildman–Crippen LogP) is 1.16. The standard InChI is InChI=1S/C11H23NO2/c1-11(2)6-4-5-10(11)12-7-9(13)8-14-3/h9-10,12-13H,4-8H2,1-3H3.